The number of fused-ring (bicyclic) bond motifs is 1. The summed E-state index contributed by atoms with van der Waals surface area (Å²) in [7, 11) is 0. The molecule has 0 N–H and O–H groups in total. The summed E-state index contributed by atoms with van der Waals surface area (Å²) >= 11 is 1.75. The zero-order chi connectivity index (χ0) is 15.6. The van der Waals surface area contributed by atoms with Crippen molar-refractivity contribution in [1.82, 2.24) is 4.90 Å². The molecule has 0 bridgehead atoms. The number of nitrogens with zero attached hydrogens (tertiary/aromatic N) is 1. The monoisotopic (exact) mass is 323 g/mol. The van der Waals surface area contributed by atoms with Gasteiger partial charge in [-0.05, 0) is 42.9 Å². The van der Waals surface area contributed by atoms with Gasteiger partial charge in [-0.25, -0.2) is 0 Å². The van der Waals surface area contributed by atoms with Crippen LogP contribution < -0.4 is 0 Å². The molecule has 0 spiro atoms. The summed E-state index contributed by atoms with van der Waals surface area (Å²) in [6.07, 6.45) is 4.13. The number of amides is 1. The molecule has 2 heterocycles. The van der Waals surface area contributed by atoms with Crippen molar-refractivity contribution in [2.75, 3.05) is 6.54 Å². The van der Waals surface area contributed by atoms with Crippen LogP contribution in [0.1, 0.15) is 24.0 Å². The molecule has 2 aliphatic rings. The number of hydrogen-bond donors (Lipinski definition) is 0. The minimum Gasteiger partial charge on any atom is -0.338 e. The van der Waals surface area contributed by atoms with E-state index in [1.165, 1.54) is 16.0 Å². The average molecular weight is 323 g/mol. The minimum atomic E-state index is 0.0729. The molecule has 1 fully saturated rings. The molecular formula is C20H21NOS. The predicted octanol–water partition coefficient (Wildman–Crippen LogP) is 3.94. The van der Waals surface area contributed by atoms with Crippen LogP contribution in [-0.4, -0.2) is 28.6 Å². The van der Waals surface area contributed by atoms with Crippen molar-refractivity contribution in [3.05, 3.63) is 65.7 Å². The Kier molecular flexibility index (Phi) is 4.13. The van der Waals surface area contributed by atoms with E-state index in [1.807, 2.05) is 6.07 Å². The number of thioether (sulfide) groups is 1. The number of carbonyl (C=O) groups excluding carboxylic acids is 1. The first kappa shape index (κ1) is 14.8. The Morgan fingerprint density at radius 1 is 1.09 bits per heavy atom. The lowest BCUT2D eigenvalue weighted by Crippen LogP contribution is -2.41. The second kappa shape index (κ2) is 6.40. The van der Waals surface area contributed by atoms with Gasteiger partial charge < -0.3 is 4.90 Å². The second-order valence-corrected chi connectivity index (χ2v) is 7.68. The number of hydrogen-bond acceptors (Lipinski definition) is 2. The third kappa shape index (κ3) is 3.02. The molecule has 0 aliphatic carbocycles. The lowest BCUT2D eigenvalue weighted by Gasteiger charge is -2.27. The van der Waals surface area contributed by atoms with Gasteiger partial charge in [-0.1, -0.05) is 48.5 Å². The Labute approximate surface area is 141 Å². The van der Waals surface area contributed by atoms with Crippen LogP contribution in [0.2, 0.25) is 0 Å². The molecule has 1 amide bonds. The van der Waals surface area contributed by atoms with Crippen LogP contribution in [0.4, 0.5) is 0 Å². The van der Waals surface area contributed by atoms with Crippen LogP contribution in [0.5, 0.6) is 0 Å². The van der Waals surface area contributed by atoms with E-state index in [4.69, 9.17) is 0 Å². The fraction of sp³-hybridized carbons (Fsp3) is 0.350. The smallest absolute Gasteiger partial charge is 0.236 e. The van der Waals surface area contributed by atoms with Crippen LogP contribution in [0.3, 0.4) is 0 Å². The largest absolute Gasteiger partial charge is 0.338 e. The summed E-state index contributed by atoms with van der Waals surface area (Å²) in [5.41, 5.74) is 2.66. The molecule has 2 unspecified atom stereocenters. The maximum Gasteiger partial charge on any atom is 0.236 e. The van der Waals surface area contributed by atoms with E-state index in [2.05, 4.69) is 53.4 Å². The summed E-state index contributed by atoms with van der Waals surface area (Å²) < 4.78 is 0. The van der Waals surface area contributed by atoms with E-state index >= 15 is 0 Å². The Bertz CT molecular complexity index is 675. The fourth-order valence-corrected chi connectivity index (χ4v) is 4.99. The number of benzene rings is 2. The first-order chi connectivity index (χ1) is 11.3. The number of rotatable bonds is 3. The molecular weight excluding hydrogens is 302 g/mol. The van der Waals surface area contributed by atoms with Crippen LogP contribution >= 0.6 is 11.8 Å². The lowest BCUT2D eigenvalue weighted by atomic mass is 10.0. The highest BCUT2D eigenvalue weighted by atomic mass is 32.2. The summed E-state index contributed by atoms with van der Waals surface area (Å²) in [6, 6.07) is 19.3. The highest BCUT2D eigenvalue weighted by Crippen LogP contribution is 2.38. The molecule has 4 rings (SSSR count). The van der Waals surface area contributed by atoms with Crippen molar-refractivity contribution in [2.45, 2.75) is 41.9 Å². The Balaban J connectivity index is 1.46. The van der Waals surface area contributed by atoms with Gasteiger partial charge in [0.05, 0.1) is 5.25 Å². The first-order valence-electron chi connectivity index (χ1n) is 8.40. The van der Waals surface area contributed by atoms with Crippen LogP contribution in [0.25, 0.3) is 0 Å². The van der Waals surface area contributed by atoms with Crippen molar-refractivity contribution < 1.29 is 4.79 Å². The van der Waals surface area contributed by atoms with E-state index in [0.29, 0.717) is 11.9 Å². The minimum absolute atomic E-state index is 0.0729. The molecule has 0 aromatic heterocycles. The summed E-state index contributed by atoms with van der Waals surface area (Å²) in [5, 5.41) is 0.0729. The molecule has 2 atom stereocenters. The van der Waals surface area contributed by atoms with E-state index in [1.54, 1.807) is 11.8 Å². The Morgan fingerprint density at radius 3 is 2.70 bits per heavy atom. The zero-order valence-electron chi connectivity index (χ0n) is 13.2. The van der Waals surface area contributed by atoms with Gasteiger partial charge in [0.1, 0.15) is 0 Å². The van der Waals surface area contributed by atoms with Crippen molar-refractivity contribution in [2.24, 2.45) is 0 Å². The van der Waals surface area contributed by atoms with Gasteiger partial charge in [0.15, 0.2) is 0 Å². The Hall–Kier alpha value is -1.74. The summed E-state index contributed by atoms with van der Waals surface area (Å²) in [4.78, 5) is 16.5. The molecule has 2 aromatic carbocycles. The SMILES string of the molecule is O=C(C1Cc2ccccc2S1)N1CCCC1Cc1ccccc1. The van der Waals surface area contributed by atoms with E-state index in [0.717, 1.165) is 32.2 Å². The summed E-state index contributed by atoms with van der Waals surface area (Å²) in [6.45, 7) is 0.920. The topological polar surface area (TPSA) is 20.3 Å². The molecule has 0 radical (unpaired) electrons. The maximum absolute atomic E-state index is 13.0. The maximum atomic E-state index is 13.0. The molecule has 2 nitrogen and oxygen atoms in total. The Morgan fingerprint density at radius 2 is 1.87 bits per heavy atom. The predicted molar refractivity (Wildman–Crippen MR) is 94.7 cm³/mol. The molecule has 0 saturated carbocycles. The standard InChI is InChI=1S/C20H21NOS/c22-20(19-14-16-9-4-5-11-18(16)23-19)21-12-6-10-17(21)13-15-7-2-1-3-8-15/h1-5,7-9,11,17,19H,6,10,12-14H2. The molecule has 118 valence electrons. The van der Waals surface area contributed by atoms with Crippen molar-refractivity contribution >= 4 is 17.7 Å². The van der Waals surface area contributed by atoms with Crippen LogP contribution in [0, 0.1) is 0 Å². The van der Waals surface area contributed by atoms with Gasteiger partial charge in [-0.2, -0.15) is 0 Å². The molecule has 23 heavy (non-hydrogen) atoms. The van der Waals surface area contributed by atoms with Gasteiger partial charge >= 0.3 is 0 Å². The quantitative estimate of drug-likeness (QED) is 0.853. The number of carbonyl (C=O) groups is 1. The lowest BCUT2D eigenvalue weighted by molar-refractivity contribution is -0.131. The first-order valence-corrected chi connectivity index (χ1v) is 9.28. The molecule has 2 aliphatic heterocycles. The van der Waals surface area contributed by atoms with Crippen LogP contribution in [0.15, 0.2) is 59.5 Å². The molecule has 1 saturated heterocycles. The van der Waals surface area contributed by atoms with E-state index in [-0.39, 0.29) is 5.25 Å². The molecule has 3 heteroatoms. The van der Waals surface area contributed by atoms with Crippen molar-refractivity contribution in [1.29, 1.82) is 0 Å². The van der Waals surface area contributed by atoms with Crippen LogP contribution in [-0.2, 0) is 17.6 Å². The van der Waals surface area contributed by atoms with Gasteiger partial charge in [0.25, 0.3) is 0 Å². The van der Waals surface area contributed by atoms with Gasteiger partial charge in [0.2, 0.25) is 5.91 Å². The van der Waals surface area contributed by atoms with Gasteiger partial charge in [-0.15, -0.1) is 11.8 Å². The third-order valence-electron chi connectivity index (χ3n) is 4.90. The second-order valence-electron chi connectivity index (χ2n) is 6.44. The summed E-state index contributed by atoms with van der Waals surface area (Å²) in [5.74, 6) is 0.338. The number of likely N-dealkylation sites (tertiary alicyclic amines) is 1. The fourth-order valence-electron chi connectivity index (χ4n) is 3.73. The zero-order valence-corrected chi connectivity index (χ0v) is 14.0. The van der Waals surface area contributed by atoms with Crippen molar-refractivity contribution in [3.63, 3.8) is 0 Å². The average Bonchev–Trinajstić information content (AvgIpc) is 3.21. The van der Waals surface area contributed by atoms with Crippen molar-refractivity contribution in [3.8, 4) is 0 Å². The third-order valence-corrected chi connectivity index (χ3v) is 6.20. The van der Waals surface area contributed by atoms with E-state index in [9.17, 15) is 4.79 Å². The van der Waals surface area contributed by atoms with Gasteiger partial charge in [0, 0.05) is 17.5 Å². The normalized spacial score (nSPS) is 23.0. The molecule has 2 aromatic rings. The highest BCUT2D eigenvalue weighted by molar-refractivity contribution is 8.01. The van der Waals surface area contributed by atoms with Gasteiger partial charge in [-0.3, -0.25) is 4.79 Å². The van der Waals surface area contributed by atoms with E-state index < -0.39 is 0 Å². The highest BCUT2D eigenvalue weighted by Gasteiger charge is 2.36.